The van der Waals surface area contributed by atoms with E-state index in [-0.39, 0.29) is 24.0 Å². The Balaban J connectivity index is 0.00000338. The first kappa shape index (κ1) is 22.5. The Bertz CT molecular complexity index is 721. The topological polar surface area (TPSA) is 54.2 Å². The van der Waals surface area contributed by atoms with Gasteiger partial charge in [-0.05, 0) is 58.2 Å². The normalized spacial score (nSPS) is 11.2. The molecule has 0 fully saturated rings. The van der Waals surface area contributed by atoms with Gasteiger partial charge in [0.15, 0.2) is 5.96 Å². The van der Waals surface area contributed by atoms with Crippen LogP contribution in [0.15, 0.2) is 29.3 Å². The van der Waals surface area contributed by atoms with Gasteiger partial charge < -0.3 is 10.6 Å². The third-order valence-electron chi connectivity index (χ3n) is 4.19. The van der Waals surface area contributed by atoms with Crippen LogP contribution in [0, 0.1) is 27.7 Å². The molecule has 26 heavy (non-hydrogen) atoms. The number of benzene rings is 1. The molecular formula is C20H32IN5. The number of nitrogens with one attached hydrogen (secondary N) is 2. The summed E-state index contributed by atoms with van der Waals surface area (Å²) < 4.78 is 2.07. The van der Waals surface area contributed by atoms with Crippen LogP contribution >= 0.6 is 24.0 Å². The summed E-state index contributed by atoms with van der Waals surface area (Å²) in [5, 5.41) is 11.2. The highest BCUT2D eigenvalue weighted by Gasteiger charge is 2.02. The van der Waals surface area contributed by atoms with Gasteiger partial charge in [0.1, 0.15) is 0 Å². The molecule has 0 saturated carbocycles. The number of halogens is 1. The van der Waals surface area contributed by atoms with Gasteiger partial charge in [-0.3, -0.25) is 4.68 Å². The molecular weight excluding hydrogens is 437 g/mol. The summed E-state index contributed by atoms with van der Waals surface area (Å²) in [5.41, 5.74) is 6.15. The molecule has 0 unspecified atom stereocenters. The maximum Gasteiger partial charge on any atom is 0.191 e. The molecule has 6 heteroatoms. The third kappa shape index (κ3) is 6.97. The highest BCUT2D eigenvalue weighted by atomic mass is 127. The molecule has 0 bridgehead atoms. The molecule has 0 amide bonds. The summed E-state index contributed by atoms with van der Waals surface area (Å²) >= 11 is 0. The number of guanidine groups is 1. The summed E-state index contributed by atoms with van der Waals surface area (Å²) in [6, 6.07) is 8.63. The molecule has 5 nitrogen and oxygen atoms in total. The average Bonchev–Trinajstić information content (AvgIpc) is 2.88. The number of aryl methyl sites for hydroxylation is 5. The standard InChI is InChI=1S/C20H31N5.HI/c1-6-21-20(23-14-19-9-8-15(2)12-16(19)3)22-10-7-11-25-18(5)13-17(4)24-25;/h8-9,12-13H,6-7,10-11,14H2,1-5H3,(H2,21,22,23);1H. The van der Waals surface area contributed by atoms with Gasteiger partial charge in [0.2, 0.25) is 0 Å². The van der Waals surface area contributed by atoms with E-state index in [4.69, 9.17) is 4.99 Å². The summed E-state index contributed by atoms with van der Waals surface area (Å²) in [4.78, 5) is 4.71. The van der Waals surface area contributed by atoms with Crippen molar-refractivity contribution in [2.45, 2.75) is 54.1 Å². The average molecular weight is 469 g/mol. The quantitative estimate of drug-likeness (QED) is 0.280. The van der Waals surface area contributed by atoms with E-state index in [9.17, 15) is 0 Å². The third-order valence-corrected chi connectivity index (χ3v) is 4.19. The van der Waals surface area contributed by atoms with Crippen molar-refractivity contribution in [2.24, 2.45) is 4.99 Å². The Morgan fingerprint density at radius 1 is 1.12 bits per heavy atom. The van der Waals surface area contributed by atoms with Gasteiger partial charge in [-0.15, -0.1) is 24.0 Å². The highest BCUT2D eigenvalue weighted by Crippen LogP contribution is 2.11. The van der Waals surface area contributed by atoms with Gasteiger partial charge in [0.05, 0.1) is 12.2 Å². The van der Waals surface area contributed by atoms with E-state index in [0.717, 1.165) is 37.7 Å². The van der Waals surface area contributed by atoms with Crippen molar-refractivity contribution >= 4 is 29.9 Å². The van der Waals surface area contributed by atoms with Crippen LogP contribution < -0.4 is 10.6 Å². The number of rotatable bonds is 7. The fourth-order valence-corrected chi connectivity index (χ4v) is 2.87. The van der Waals surface area contributed by atoms with Gasteiger partial charge in [-0.2, -0.15) is 5.10 Å². The first-order valence-corrected chi connectivity index (χ1v) is 9.09. The zero-order chi connectivity index (χ0) is 18.2. The molecule has 1 aromatic heterocycles. The number of aliphatic imine (C=N–C) groups is 1. The van der Waals surface area contributed by atoms with Crippen molar-refractivity contribution < 1.29 is 0 Å². The van der Waals surface area contributed by atoms with Crippen LogP contribution in [0.2, 0.25) is 0 Å². The van der Waals surface area contributed by atoms with Crippen molar-refractivity contribution in [1.29, 1.82) is 0 Å². The molecule has 2 rings (SSSR count). The van der Waals surface area contributed by atoms with Gasteiger partial charge in [0, 0.05) is 25.3 Å². The van der Waals surface area contributed by atoms with E-state index < -0.39 is 0 Å². The number of hydrogen-bond acceptors (Lipinski definition) is 2. The minimum Gasteiger partial charge on any atom is -0.357 e. The maximum absolute atomic E-state index is 4.71. The van der Waals surface area contributed by atoms with Crippen LogP contribution in [-0.2, 0) is 13.1 Å². The Morgan fingerprint density at radius 2 is 1.88 bits per heavy atom. The summed E-state index contributed by atoms with van der Waals surface area (Å²) in [6.45, 7) is 13.8. The number of hydrogen-bond donors (Lipinski definition) is 2. The Hall–Kier alpha value is -1.57. The van der Waals surface area contributed by atoms with Gasteiger partial charge >= 0.3 is 0 Å². The predicted molar refractivity (Wildman–Crippen MR) is 120 cm³/mol. The molecule has 2 N–H and O–H groups in total. The zero-order valence-corrected chi connectivity index (χ0v) is 18.9. The minimum absolute atomic E-state index is 0. The molecule has 0 spiro atoms. The Kier molecular flexibility index (Phi) is 9.69. The molecule has 0 radical (unpaired) electrons. The molecule has 0 aliphatic heterocycles. The van der Waals surface area contributed by atoms with Crippen molar-refractivity contribution in [1.82, 2.24) is 20.4 Å². The largest absolute Gasteiger partial charge is 0.357 e. The molecule has 2 aromatic rings. The summed E-state index contributed by atoms with van der Waals surface area (Å²) in [6.07, 6.45) is 1.01. The van der Waals surface area contributed by atoms with Gasteiger partial charge in [-0.1, -0.05) is 23.8 Å². The van der Waals surface area contributed by atoms with Crippen LogP contribution in [-0.4, -0.2) is 28.8 Å². The van der Waals surface area contributed by atoms with E-state index in [1.807, 2.05) is 6.92 Å². The molecule has 144 valence electrons. The lowest BCUT2D eigenvalue weighted by Gasteiger charge is -2.12. The first-order valence-electron chi connectivity index (χ1n) is 9.09. The number of aromatic nitrogens is 2. The van der Waals surface area contributed by atoms with E-state index in [1.165, 1.54) is 22.4 Å². The zero-order valence-electron chi connectivity index (χ0n) is 16.6. The second-order valence-electron chi connectivity index (χ2n) is 6.56. The molecule has 1 heterocycles. The SMILES string of the molecule is CCNC(=NCc1ccc(C)cc1C)NCCCn1nc(C)cc1C.I. The molecule has 0 aliphatic carbocycles. The lowest BCUT2D eigenvalue weighted by Crippen LogP contribution is -2.38. The fraction of sp³-hybridized carbons (Fsp3) is 0.500. The summed E-state index contributed by atoms with van der Waals surface area (Å²) in [5.74, 6) is 0.871. The lowest BCUT2D eigenvalue weighted by atomic mass is 10.1. The maximum atomic E-state index is 4.71. The molecule has 0 saturated heterocycles. The second kappa shape index (κ2) is 11.2. The van der Waals surface area contributed by atoms with Crippen LogP contribution in [0.3, 0.4) is 0 Å². The summed E-state index contributed by atoms with van der Waals surface area (Å²) in [7, 11) is 0. The Labute approximate surface area is 174 Å². The monoisotopic (exact) mass is 469 g/mol. The van der Waals surface area contributed by atoms with E-state index in [0.29, 0.717) is 6.54 Å². The van der Waals surface area contributed by atoms with Crippen molar-refractivity contribution in [3.63, 3.8) is 0 Å². The van der Waals surface area contributed by atoms with E-state index >= 15 is 0 Å². The van der Waals surface area contributed by atoms with Gasteiger partial charge in [0.25, 0.3) is 0 Å². The van der Waals surface area contributed by atoms with E-state index in [2.05, 4.69) is 72.4 Å². The van der Waals surface area contributed by atoms with E-state index in [1.54, 1.807) is 0 Å². The lowest BCUT2D eigenvalue weighted by molar-refractivity contribution is 0.555. The molecule has 0 aliphatic rings. The van der Waals surface area contributed by atoms with Crippen molar-refractivity contribution in [3.05, 3.63) is 52.3 Å². The fourth-order valence-electron chi connectivity index (χ4n) is 2.87. The predicted octanol–water partition coefficient (Wildman–Crippen LogP) is 3.88. The highest BCUT2D eigenvalue weighted by molar-refractivity contribution is 14.0. The molecule has 1 aromatic carbocycles. The van der Waals surface area contributed by atoms with Crippen LogP contribution in [0.5, 0.6) is 0 Å². The Morgan fingerprint density at radius 3 is 2.50 bits per heavy atom. The second-order valence-corrected chi connectivity index (χ2v) is 6.56. The molecule has 0 atom stereocenters. The van der Waals surface area contributed by atoms with Crippen molar-refractivity contribution in [3.8, 4) is 0 Å². The van der Waals surface area contributed by atoms with Crippen LogP contribution in [0.1, 0.15) is 41.4 Å². The smallest absolute Gasteiger partial charge is 0.191 e. The first-order chi connectivity index (χ1) is 12.0. The van der Waals surface area contributed by atoms with Crippen molar-refractivity contribution in [2.75, 3.05) is 13.1 Å². The minimum atomic E-state index is 0. The van der Waals surface area contributed by atoms with Gasteiger partial charge in [-0.25, -0.2) is 4.99 Å². The van der Waals surface area contributed by atoms with Crippen LogP contribution in [0.4, 0.5) is 0 Å². The van der Waals surface area contributed by atoms with Crippen LogP contribution in [0.25, 0.3) is 0 Å². The number of nitrogens with zero attached hydrogens (tertiary/aromatic N) is 3.